The highest BCUT2D eigenvalue weighted by Crippen LogP contribution is 2.02. The minimum atomic E-state index is -0.549. The van der Waals surface area contributed by atoms with Crippen molar-refractivity contribution in [2.75, 3.05) is 6.61 Å². The van der Waals surface area contributed by atoms with Crippen LogP contribution in [0.4, 0.5) is 4.79 Å². The molecule has 11 heavy (non-hydrogen) atoms. The maximum Gasteiger partial charge on any atom is 0.508 e. The van der Waals surface area contributed by atoms with Crippen molar-refractivity contribution in [2.45, 2.75) is 13.0 Å². The molecule has 0 spiro atoms. The average molecular weight is 155 g/mol. The first-order chi connectivity index (χ1) is 5.20. The van der Waals surface area contributed by atoms with Gasteiger partial charge in [0.15, 0.2) is 0 Å². The topological polar surface area (TPSA) is 59.3 Å². The predicted octanol–water partition coefficient (Wildman–Crippen LogP) is 1.24. The van der Waals surface area contributed by atoms with Gasteiger partial charge in [-0.05, 0) is 6.92 Å². The molecule has 1 atom stereocenters. The fraction of sp³-hybridized carbons (Fsp3) is 0.429. The molecular weight excluding hydrogens is 146 g/mol. The van der Waals surface area contributed by atoms with Crippen molar-refractivity contribution in [3.8, 4) is 6.07 Å². The van der Waals surface area contributed by atoms with Gasteiger partial charge in [-0.2, -0.15) is 5.26 Å². The number of ether oxygens (including phenoxy) is 2. The van der Waals surface area contributed by atoms with Crippen molar-refractivity contribution in [3.63, 3.8) is 0 Å². The molecule has 1 aliphatic rings. The molecule has 0 aromatic carbocycles. The van der Waals surface area contributed by atoms with Crippen molar-refractivity contribution < 1.29 is 14.3 Å². The lowest BCUT2D eigenvalue weighted by Gasteiger charge is -1.90. The monoisotopic (exact) mass is 155 g/mol. The Kier molecular flexibility index (Phi) is 4.58. The van der Waals surface area contributed by atoms with Crippen molar-refractivity contribution in [3.05, 3.63) is 12.7 Å². The molecule has 1 fully saturated rings. The summed E-state index contributed by atoms with van der Waals surface area (Å²) in [4.78, 5) is 10.0. The zero-order valence-electron chi connectivity index (χ0n) is 6.24. The van der Waals surface area contributed by atoms with Crippen LogP contribution in [0.15, 0.2) is 12.7 Å². The van der Waals surface area contributed by atoms with Crippen LogP contribution in [0.2, 0.25) is 0 Å². The van der Waals surface area contributed by atoms with E-state index in [2.05, 4.69) is 16.1 Å². The first kappa shape index (κ1) is 9.50. The highest BCUT2D eigenvalue weighted by Gasteiger charge is 2.19. The highest BCUT2D eigenvalue weighted by molar-refractivity contribution is 5.61. The van der Waals surface area contributed by atoms with Crippen LogP contribution in [0, 0.1) is 11.3 Å². The van der Waals surface area contributed by atoms with Crippen LogP contribution in [-0.4, -0.2) is 18.9 Å². The van der Waals surface area contributed by atoms with Crippen LogP contribution in [0.5, 0.6) is 0 Å². The molecule has 0 radical (unpaired) electrons. The normalized spacial score (nSPS) is 20.0. The largest absolute Gasteiger partial charge is 0.508 e. The Morgan fingerprint density at radius 1 is 1.91 bits per heavy atom. The van der Waals surface area contributed by atoms with Crippen molar-refractivity contribution in [2.24, 2.45) is 0 Å². The van der Waals surface area contributed by atoms with E-state index in [1.165, 1.54) is 6.08 Å². The maximum absolute atomic E-state index is 10.0. The SMILES string of the molecule is C=CC#N.CC1COC(=O)O1. The summed E-state index contributed by atoms with van der Waals surface area (Å²) in [5.41, 5.74) is 0. The lowest BCUT2D eigenvalue weighted by Crippen LogP contribution is -2.01. The Hall–Kier alpha value is -1.50. The van der Waals surface area contributed by atoms with E-state index in [0.717, 1.165) is 0 Å². The van der Waals surface area contributed by atoms with Crippen LogP contribution in [-0.2, 0) is 9.47 Å². The molecule has 1 rings (SSSR count). The molecule has 0 aromatic heterocycles. The number of hydrogen-bond acceptors (Lipinski definition) is 4. The molecule has 0 aliphatic carbocycles. The average Bonchev–Trinajstić information content (AvgIpc) is 2.35. The van der Waals surface area contributed by atoms with E-state index in [0.29, 0.717) is 6.61 Å². The van der Waals surface area contributed by atoms with Crippen LogP contribution >= 0.6 is 0 Å². The van der Waals surface area contributed by atoms with E-state index in [9.17, 15) is 4.79 Å². The summed E-state index contributed by atoms with van der Waals surface area (Å²) >= 11 is 0. The summed E-state index contributed by atoms with van der Waals surface area (Å²) in [5, 5.41) is 7.51. The summed E-state index contributed by atoms with van der Waals surface area (Å²) < 4.78 is 8.90. The predicted molar refractivity (Wildman–Crippen MR) is 37.7 cm³/mol. The second kappa shape index (κ2) is 5.30. The van der Waals surface area contributed by atoms with Gasteiger partial charge >= 0.3 is 6.16 Å². The Morgan fingerprint density at radius 2 is 2.45 bits per heavy atom. The molecular formula is C7H9NO3. The van der Waals surface area contributed by atoms with E-state index >= 15 is 0 Å². The Bertz CT molecular complexity index is 183. The summed E-state index contributed by atoms with van der Waals surface area (Å²) in [6.07, 6.45) is 0.583. The number of nitriles is 1. The standard InChI is InChI=1S/C4H6O3.C3H3N/c1-3-2-6-4(5)7-3;1-2-3-4/h3H,2H2,1H3;2H,1H2. The number of carbonyl (C=O) groups excluding carboxylic acids is 1. The van der Waals surface area contributed by atoms with E-state index < -0.39 is 6.16 Å². The molecule has 4 heteroatoms. The number of hydrogen-bond donors (Lipinski definition) is 0. The zero-order valence-corrected chi connectivity index (χ0v) is 6.24. The molecule has 0 aromatic rings. The van der Waals surface area contributed by atoms with Gasteiger partial charge in [-0.3, -0.25) is 0 Å². The first-order valence-electron chi connectivity index (χ1n) is 3.04. The van der Waals surface area contributed by atoms with Gasteiger partial charge in [-0.15, -0.1) is 0 Å². The second-order valence-corrected chi connectivity index (χ2v) is 1.82. The summed E-state index contributed by atoms with van der Waals surface area (Å²) in [6.45, 7) is 5.30. The molecule has 1 aliphatic heterocycles. The van der Waals surface area contributed by atoms with Gasteiger partial charge < -0.3 is 9.47 Å². The molecule has 0 saturated carbocycles. The third kappa shape index (κ3) is 4.97. The van der Waals surface area contributed by atoms with Crippen LogP contribution in [0.1, 0.15) is 6.92 Å². The van der Waals surface area contributed by atoms with Crippen LogP contribution < -0.4 is 0 Å². The van der Waals surface area contributed by atoms with Crippen LogP contribution in [0.25, 0.3) is 0 Å². The fourth-order valence-corrected chi connectivity index (χ4v) is 0.418. The van der Waals surface area contributed by atoms with Gasteiger partial charge in [0.1, 0.15) is 12.7 Å². The first-order valence-corrected chi connectivity index (χ1v) is 3.04. The summed E-state index contributed by atoms with van der Waals surface area (Å²) in [7, 11) is 0. The minimum Gasteiger partial charge on any atom is -0.430 e. The van der Waals surface area contributed by atoms with Crippen LogP contribution in [0.3, 0.4) is 0 Å². The van der Waals surface area contributed by atoms with Gasteiger partial charge in [0.05, 0.1) is 6.07 Å². The molecule has 0 amide bonds. The number of nitrogens with zero attached hydrogens (tertiary/aromatic N) is 1. The lowest BCUT2D eigenvalue weighted by atomic mass is 10.5. The molecule has 4 nitrogen and oxygen atoms in total. The van der Waals surface area contributed by atoms with Crippen molar-refractivity contribution >= 4 is 6.16 Å². The lowest BCUT2D eigenvalue weighted by molar-refractivity contribution is 0.121. The van der Waals surface area contributed by atoms with Gasteiger partial charge in [0.2, 0.25) is 0 Å². The van der Waals surface area contributed by atoms with Gasteiger partial charge in [-0.1, -0.05) is 6.58 Å². The smallest absolute Gasteiger partial charge is 0.430 e. The number of cyclic esters (lactones) is 2. The van der Waals surface area contributed by atoms with Crippen molar-refractivity contribution in [1.82, 2.24) is 0 Å². The van der Waals surface area contributed by atoms with E-state index in [1.807, 2.05) is 0 Å². The molecule has 1 saturated heterocycles. The van der Waals surface area contributed by atoms with E-state index in [4.69, 9.17) is 5.26 Å². The summed E-state index contributed by atoms with van der Waals surface area (Å²) in [5.74, 6) is 0. The van der Waals surface area contributed by atoms with Crippen molar-refractivity contribution in [1.29, 1.82) is 5.26 Å². The van der Waals surface area contributed by atoms with Gasteiger partial charge in [-0.25, -0.2) is 4.79 Å². The molecule has 0 N–H and O–H groups in total. The molecule has 1 unspecified atom stereocenters. The Balaban J connectivity index is 0.000000218. The fourth-order valence-electron chi connectivity index (χ4n) is 0.418. The number of carbonyl (C=O) groups is 1. The maximum atomic E-state index is 10.0. The number of rotatable bonds is 0. The Morgan fingerprint density at radius 3 is 2.55 bits per heavy atom. The van der Waals surface area contributed by atoms with Gasteiger partial charge in [0.25, 0.3) is 0 Å². The zero-order chi connectivity index (χ0) is 8.69. The molecule has 60 valence electrons. The second-order valence-electron chi connectivity index (χ2n) is 1.82. The third-order valence-electron chi connectivity index (χ3n) is 0.825. The molecule has 0 bridgehead atoms. The quantitative estimate of drug-likeness (QED) is 0.390. The minimum absolute atomic E-state index is 0.0486. The molecule has 1 heterocycles. The third-order valence-corrected chi connectivity index (χ3v) is 0.825. The number of allylic oxidation sites excluding steroid dienone is 1. The van der Waals surface area contributed by atoms with Gasteiger partial charge in [0, 0.05) is 6.08 Å². The Labute approximate surface area is 65.0 Å². The highest BCUT2D eigenvalue weighted by atomic mass is 16.8. The summed E-state index contributed by atoms with van der Waals surface area (Å²) in [6, 6.07) is 1.69. The van der Waals surface area contributed by atoms with E-state index in [1.54, 1.807) is 13.0 Å². The van der Waals surface area contributed by atoms with E-state index in [-0.39, 0.29) is 6.10 Å².